The highest BCUT2D eigenvalue weighted by molar-refractivity contribution is 5.97. The predicted octanol–water partition coefficient (Wildman–Crippen LogP) is 5.17. The molecule has 0 aromatic heterocycles. The molecule has 28 heavy (non-hydrogen) atoms. The van der Waals surface area contributed by atoms with Crippen LogP contribution in [0.3, 0.4) is 0 Å². The average molecular weight is 383 g/mol. The normalized spacial score (nSPS) is 12.9. The van der Waals surface area contributed by atoms with Crippen LogP contribution in [0.1, 0.15) is 62.9 Å². The molecule has 2 aromatic rings. The first kappa shape index (κ1) is 21.5. The summed E-state index contributed by atoms with van der Waals surface area (Å²) in [5.41, 5.74) is 2.19. The van der Waals surface area contributed by atoms with Gasteiger partial charge in [0.05, 0.1) is 11.7 Å². The van der Waals surface area contributed by atoms with Gasteiger partial charge in [-0.2, -0.15) is 0 Å². The molecule has 5 nitrogen and oxygen atoms in total. The maximum atomic E-state index is 12.5. The van der Waals surface area contributed by atoms with Gasteiger partial charge in [0.2, 0.25) is 0 Å². The third kappa shape index (κ3) is 5.84. The molecule has 0 aliphatic heterocycles. The number of hydrogen-bond acceptors (Lipinski definition) is 4. The summed E-state index contributed by atoms with van der Waals surface area (Å²) in [7, 11) is 0. The van der Waals surface area contributed by atoms with Gasteiger partial charge in [-0.3, -0.25) is 4.79 Å². The van der Waals surface area contributed by atoms with Crippen molar-refractivity contribution < 1.29 is 19.1 Å². The van der Waals surface area contributed by atoms with E-state index in [0.717, 1.165) is 17.7 Å². The van der Waals surface area contributed by atoms with Crippen LogP contribution in [-0.2, 0) is 9.53 Å². The van der Waals surface area contributed by atoms with Crippen LogP contribution in [-0.4, -0.2) is 24.1 Å². The molecule has 0 bridgehead atoms. The molecule has 1 N–H and O–H groups in total. The Morgan fingerprint density at radius 3 is 2.21 bits per heavy atom. The van der Waals surface area contributed by atoms with Crippen molar-refractivity contribution in [2.24, 2.45) is 0 Å². The van der Waals surface area contributed by atoms with Crippen molar-refractivity contribution in [3.05, 3.63) is 59.7 Å². The standard InChI is InChI=1S/C23H29NO4/c1-6-16(4)20-9-7-8-10-21(20)24-22(25)17(5)28-23(26)18-11-13-19(14-12-18)27-15(2)3/h7-17H,6H2,1-5H3,(H,24,25)/t16-,17-/m0/s1. The van der Waals surface area contributed by atoms with Crippen LogP contribution in [0.5, 0.6) is 5.75 Å². The zero-order valence-electron chi connectivity index (χ0n) is 17.2. The lowest BCUT2D eigenvalue weighted by atomic mass is 9.97. The van der Waals surface area contributed by atoms with Crippen LogP contribution in [0, 0.1) is 0 Å². The minimum atomic E-state index is -0.913. The van der Waals surface area contributed by atoms with E-state index in [1.807, 2.05) is 38.1 Å². The molecular weight excluding hydrogens is 354 g/mol. The van der Waals surface area contributed by atoms with Crippen molar-refractivity contribution in [1.29, 1.82) is 0 Å². The van der Waals surface area contributed by atoms with Crippen LogP contribution in [0.25, 0.3) is 0 Å². The number of carbonyl (C=O) groups is 2. The zero-order valence-corrected chi connectivity index (χ0v) is 17.2. The summed E-state index contributed by atoms with van der Waals surface area (Å²) < 4.78 is 10.9. The Labute approximate surface area is 167 Å². The van der Waals surface area contributed by atoms with E-state index in [-0.39, 0.29) is 12.0 Å². The van der Waals surface area contributed by atoms with Gasteiger partial charge in [0, 0.05) is 5.69 Å². The number of nitrogens with one attached hydrogen (secondary N) is 1. The van der Waals surface area contributed by atoms with E-state index in [9.17, 15) is 9.59 Å². The number of rotatable bonds is 8. The van der Waals surface area contributed by atoms with E-state index in [0.29, 0.717) is 17.2 Å². The third-order valence-electron chi connectivity index (χ3n) is 4.48. The van der Waals surface area contributed by atoms with Crippen molar-refractivity contribution in [1.82, 2.24) is 0 Å². The SMILES string of the molecule is CC[C@H](C)c1ccccc1NC(=O)[C@H](C)OC(=O)c1ccc(OC(C)C)cc1. The highest BCUT2D eigenvalue weighted by atomic mass is 16.5. The second kappa shape index (κ2) is 9.93. The van der Waals surface area contributed by atoms with E-state index in [1.54, 1.807) is 31.2 Å². The van der Waals surface area contributed by atoms with Crippen molar-refractivity contribution in [3.8, 4) is 5.75 Å². The Hall–Kier alpha value is -2.82. The first-order valence-corrected chi connectivity index (χ1v) is 9.69. The Bertz CT molecular complexity index is 799. The molecule has 150 valence electrons. The van der Waals surface area contributed by atoms with Crippen molar-refractivity contribution >= 4 is 17.6 Å². The van der Waals surface area contributed by atoms with Crippen molar-refractivity contribution in [3.63, 3.8) is 0 Å². The predicted molar refractivity (Wildman–Crippen MR) is 111 cm³/mol. The first-order chi connectivity index (χ1) is 13.3. The van der Waals surface area contributed by atoms with Crippen LogP contribution in [0.2, 0.25) is 0 Å². The minimum absolute atomic E-state index is 0.0554. The van der Waals surface area contributed by atoms with Crippen LogP contribution in [0.15, 0.2) is 48.5 Å². The van der Waals surface area contributed by atoms with Gasteiger partial charge in [0.15, 0.2) is 6.10 Å². The number of esters is 1. The van der Waals surface area contributed by atoms with Gasteiger partial charge in [0.1, 0.15) is 5.75 Å². The summed E-state index contributed by atoms with van der Waals surface area (Å²) in [5.74, 6) is 0.0951. The Balaban J connectivity index is 2.00. The summed E-state index contributed by atoms with van der Waals surface area (Å²) in [6.07, 6.45) is 0.109. The smallest absolute Gasteiger partial charge is 0.338 e. The Morgan fingerprint density at radius 2 is 1.61 bits per heavy atom. The molecule has 0 unspecified atom stereocenters. The van der Waals surface area contributed by atoms with Crippen molar-refractivity contribution in [2.75, 3.05) is 5.32 Å². The first-order valence-electron chi connectivity index (χ1n) is 9.69. The number of para-hydroxylation sites is 1. The average Bonchev–Trinajstić information content (AvgIpc) is 2.67. The van der Waals surface area contributed by atoms with Crippen LogP contribution >= 0.6 is 0 Å². The Morgan fingerprint density at radius 1 is 0.964 bits per heavy atom. The molecule has 0 saturated carbocycles. The molecule has 0 heterocycles. The second-order valence-electron chi connectivity index (χ2n) is 7.12. The van der Waals surface area contributed by atoms with Gasteiger partial charge < -0.3 is 14.8 Å². The lowest BCUT2D eigenvalue weighted by Gasteiger charge is -2.18. The molecular formula is C23H29NO4. The van der Waals surface area contributed by atoms with Crippen LogP contribution in [0.4, 0.5) is 5.69 Å². The lowest BCUT2D eigenvalue weighted by Crippen LogP contribution is -2.30. The molecule has 0 aliphatic carbocycles. The van der Waals surface area contributed by atoms with Crippen molar-refractivity contribution in [2.45, 2.75) is 59.2 Å². The molecule has 0 spiro atoms. The number of benzene rings is 2. The molecule has 1 amide bonds. The summed E-state index contributed by atoms with van der Waals surface area (Å²) in [5, 5.41) is 2.88. The fourth-order valence-corrected chi connectivity index (χ4v) is 2.72. The number of carbonyl (C=O) groups excluding carboxylic acids is 2. The number of amides is 1. The number of ether oxygens (including phenoxy) is 2. The van der Waals surface area contributed by atoms with E-state index in [4.69, 9.17) is 9.47 Å². The molecule has 2 atom stereocenters. The van der Waals surface area contributed by atoms with Gasteiger partial charge in [0.25, 0.3) is 5.91 Å². The number of anilines is 1. The molecule has 0 aliphatic rings. The fraction of sp³-hybridized carbons (Fsp3) is 0.391. The third-order valence-corrected chi connectivity index (χ3v) is 4.48. The molecule has 5 heteroatoms. The summed E-state index contributed by atoms with van der Waals surface area (Å²) in [6, 6.07) is 14.4. The Kier molecular flexibility index (Phi) is 7.61. The zero-order chi connectivity index (χ0) is 20.7. The van der Waals surface area contributed by atoms with E-state index >= 15 is 0 Å². The summed E-state index contributed by atoms with van der Waals surface area (Å²) in [6.45, 7) is 9.64. The van der Waals surface area contributed by atoms with Gasteiger partial charge in [-0.05, 0) is 69.0 Å². The van der Waals surface area contributed by atoms with Gasteiger partial charge >= 0.3 is 5.97 Å². The fourth-order valence-electron chi connectivity index (χ4n) is 2.72. The summed E-state index contributed by atoms with van der Waals surface area (Å²) >= 11 is 0. The second-order valence-corrected chi connectivity index (χ2v) is 7.12. The molecule has 2 aromatic carbocycles. The van der Waals surface area contributed by atoms with E-state index < -0.39 is 12.1 Å². The van der Waals surface area contributed by atoms with Gasteiger partial charge in [-0.15, -0.1) is 0 Å². The van der Waals surface area contributed by atoms with Gasteiger partial charge in [-0.25, -0.2) is 4.79 Å². The molecule has 2 rings (SSSR count). The molecule has 0 saturated heterocycles. The van der Waals surface area contributed by atoms with E-state index in [2.05, 4.69) is 19.2 Å². The van der Waals surface area contributed by atoms with E-state index in [1.165, 1.54) is 0 Å². The summed E-state index contributed by atoms with van der Waals surface area (Å²) in [4.78, 5) is 24.8. The topological polar surface area (TPSA) is 64.6 Å². The molecule has 0 fully saturated rings. The highest BCUT2D eigenvalue weighted by Gasteiger charge is 2.20. The van der Waals surface area contributed by atoms with Gasteiger partial charge in [-0.1, -0.05) is 32.0 Å². The monoisotopic (exact) mass is 383 g/mol. The quantitative estimate of drug-likeness (QED) is 0.639. The minimum Gasteiger partial charge on any atom is -0.491 e. The van der Waals surface area contributed by atoms with Crippen LogP contribution < -0.4 is 10.1 Å². The number of hydrogen-bond donors (Lipinski definition) is 1. The maximum absolute atomic E-state index is 12.5. The highest BCUT2D eigenvalue weighted by Crippen LogP contribution is 2.26. The maximum Gasteiger partial charge on any atom is 0.338 e. The largest absolute Gasteiger partial charge is 0.491 e. The lowest BCUT2D eigenvalue weighted by molar-refractivity contribution is -0.123. The molecule has 0 radical (unpaired) electrons.